The molecule has 0 spiro atoms. The standard InChI is InChI=1S/C14H20BrN3O3/c1-4-16-14(20)18-13(19)9(2)17-12-7-5-6-11(15)10(12)8-21-3/h5-7,9,17H,4,8H2,1-3H3,(H2,16,18,19,20). The number of rotatable bonds is 6. The number of carbonyl (C=O) groups is 2. The lowest BCUT2D eigenvalue weighted by molar-refractivity contribution is -0.120. The third-order valence-electron chi connectivity index (χ3n) is 2.75. The average molecular weight is 358 g/mol. The number of hydrogen-bond donors (Lipinski definition) is 3. The van der Waals surface area contributed by atoms with Crippen LogP contribution in [0, 0.1) is 0 Å². The number of anilines is 1. The highest BCUT2D eigenvalue weighted by Gasteiger charge is 2.17. The van der Waals surface area contributed by atoms with Gasteiger partial charge in [0.15, 0.2) is 0 Å². The molecule has 0 aliphatic carbocycles. The number of amides is 3. The van der Waals surface area contributed by atoms with Gasteiger partial charge in [-0.25, -0.2) is 4.79 Å². The van der Waals surface area contributed by atoms with Crippen molar-refractivity contribution >= 4 is 33.6 Å². The number of urea groups is 1. The van der Waals surface area contributed by atoms with E-state index < -0.39 is 18.0 Å². The van der Waals surface area contributed by atoms with Crippen LogP contribution in [0.5, 0.6) is 0 Å². The molecule has 1 aromatic rings. The number of carbonyl (C=O) groups excluding carboxylic acids is 2. The number of nitrogens with one attached hydrogen (secondary N) is 3. The molecule has 0 fully saturated rings. The molecule has 0 heterocycles. The van der Waals surface area contributed by atoms with Crippen molar-refractivity contribution in [3.8, 4) is 0 Å². The molecule has 21 heavy (non-hydrogen) atoms. The van der Waals surface area contributed by atoms with Crippen molar-refractivity contribution in [2.24, 2.45) is 0 Å². The molecule has 3 amide bonds. The van der Waals surface area contributed by atoms with Gasteiger partial charge in [0.05, 0.1) is 6.61 Å². The highest BCUT2D eigenvalue weighted by molar-refractivity contribution is 9.10. The van der Waals surface area contributed by atoms with Crippen molar-refractivity contribution in [1.82, 2.24) is 10.6 Å². The van der Waals surface area contributed by atoms with E-state index in [1.54, 1.807) is 21.0 Å². The van der Waals surface area contributed by atoms with Crippen LogP contribution in [0.4, 0.5) is 10.5 Å². The van der Waals surface area contributed by atoms with Crippen LogP contribution in [0.1, 0.15) is 19.4 Å². The molecule has 1 aromatic carbocycles. The van der Waals surface area contributed by atoms with E-state index >= 15 is 0 Å². The van der Waals surface area contributed by atoms with Crippen molar-refractivity contribution in [3.05, 3.63) is 28.2 Å². The van der Waals surface area contributed by atoms with Crippen LogP contribution < -0.4 is 16.0 Å². The smallest absolute Gasteiger partial charge is 0.321 e. The van der Waals surface area contributed by atoms with E-state index in [1.165, 1.54) is 0 Å². The number of ether oxygens (including phenoxy) is 1. The van der Waals surface area contributed by atoms with Crippen molar-refractivity contribution in [2.45, 2.75) is 26.5 Å². The van der Waals surface area contributed by atoms with E-state index in [2.05, 4.69) is 31.9 Å². The van der Waals surface area contributed by atoms with Crippen LogP contribution in [0.2, 0.25) is 0 Å². The maximum Gasteiger partial charge on any atom is 0.321 e. The van der Waals surface area contributed by atoms with Crippen molar-refractivity contribution < 1.29 is 14.3 Å². The van der Waals surface area contributed by atoms with Gasteiger partial charge in [-0.15, -0.1) is 0 Å². The Bertz CT molecular complexity index is 508. The van der Waals surface area contributed by atoms with E-state index in [1.807, 2.05) is 18.2 Å². The first kappa shape index (κ1) is 17.5. The topological polar surface area (TPSA) is 79.5 Å². The summed E-state index contributed by atoms with van der Waals surface area (Å²) >= 11 is 3.45. The van der Waals surface area contributed by atoms with E-state index in [0.717, 1.165) is 15.7 Å². The molecule has 6 nitrogen and oxygen atoms in total. The average Bonchev–Trinajstić information content (AvgIpc) is 2.42. The predicted molar refractivity (Wildman–Crippen MR) is 85.2 cm³/mol. The molecule has 1 atom stereocenters. The fraction of sp³-hybridized carbons (Fsp3) is 0.429. The fourth-order valence-corrected chi connectivity index (χ4v) is 2.19. The minimum atomic E-state index is -0.558. The Kier molecular flexibility index (Phi) is 7.18. The molecule has 0 saturated carbocycles. The molecule has 0 aliphatic heterocycles. The molecule has 0 bridgehead atoms. The Morgan fingerprint density at radius 1 is 1.38 bits per heavy atom. The Morgan fingerprint density at radius 3 is 2.71 bits per heavy atom. The van der Waals surface area contributed by atoms with E-state index in [-0.39, 0.29) is 0 Å². The van der Waals surface area contributed by atoms with Gasteiger partial charge in [0.25, 0.3) is 0 Å². The first-order chi connectivity index (χ1) is 9.99. The molecule has 3 N–H and O–H groups in total. The lowest BCUT2D eigenvalue weighted by atomic mass is 10.1. The van der Waals surface area contributed by atoms with E-state index in [9.17, 15) is 9.59 Å². The largest absolute Gasteiger partial charge is 0.380 e. The van der Waals surface area contributed by atoms with Crippen LogP contribution in [0.15, 0.2) is 22.7 Å². The second kappa shape index (κ2) is 8.63. The van der Waals surface area contributed by atoms with E-state index in [4.69, 9.17) is 4.74 Å². The molecule has 0 saturated heterocycles. The molecule has 116 valence electrons. The van der Waals surface area contributed by atoms with Gasteiger partial charge >= 0.3 is 6.03 Å². The second-order valence-corrected chi connectivity index (χ2v) is 5.27. The van der Waals surface area contributed by atoms with E-state index in [0.29, 0.717) is 13.2 Å². The first-order valence-electron chi connectivity index (χ1n) is 6.61. The van der Waals surface area contributed by atoms with Crippen LogP contribution in [0.3, 0.4) is 0 Å². The summed E-state index contributed by atoms with van der Waals surface area (Å²) in [6, 6.07) is 4.56. The number of benzene rings is 1. The van der Waals surface area contributed by atoms with Crippen molar-refractivity contribution in [2.75, 3.05) is 19.0 Å². The highest BCUT2D eigenvalue weighted by Crippen LogP contribution is 2.26. The third-order valence-corrected chi connectivity index (χ3v) is 3.49. The number of imide groups is 1. The van der Waals surface area contributed by atoms with Gasteiger partial charge in [-0.1, -0.05) is 22.0 Å². The molecular formula is C14H20BrN3O3. The van der Waals surface area contributed by atoms with Crippen molar-refractivity contribution in [3.63, 3.8) is 0 Å². The Balaban J connectivity index is 2.74. The molecular weight excluding hydrogens is 338 g/mol. The maximum absolute atomic E-state index is 11.9. The van der Waals surface area contributed by atoms with Gasteiger partial charge in [-0.05, 0) is 26.0 Å². The minimum absolute atomic E-state index is 0.399. The lowest BCUT2D eigenvalue weighted by Crippen LogP contribution is -2.45. The van der Waals surface area contributed by atoms with Gasteiger partial charge in [0, 0.05) is 29.4 Å². The molecule has 0 aromatic heterocycles. The lowest BCUT2D eigenvalue weighted by Gasteiger charge is -2.18. The molecule has 1 unspecified atom stereocenters. The summed E-state index contributed by atoms with van der Waals surface area (Å²) in [5.41, 5.74) is 1.70. The number of methoxy groups -OCH3 is 1. The fourth-order valence-electron chi connectivity index (χ4n) is 1.71. The summed E-state index contributed by atoms with van der Waals surface area (Å²) in [4.78, 5) is 23.2. The summed E-state index contributed by atoms with van der Waals surface area (Å²) in [5, 5.41) is 7.86. The molecule has 0 aliphatic rings. The summed E-state index contributed by atoms with van der Waals surface area (Å²) in [5.74, 6) is -0.399. The van der Waals surface area contributed by atoms with Gasteiger partial charge < -0.3 is 15.4 Å². The zero-order valence-electron chi connectivity index (χ0n) is 12.3. The monoisotopic (exact) mass is 357 g/mol. The molecule has 7 heteroatoms. The van der Waals surface area contributed by atoms with Crippen LogP contribution in [-0.4, -0.2) is 31.6 Å². The summed E-state index contributed by atoms with van der Waals surface area (Å²) in [6.45, 7) is 4.34. The normalized spacial score (nSPS) is 11.6. The number of halogens is 1. The SMILES string of the molecule is CCNC(=O)NC(=O)C(C)Nc1cccc(Br)c1COC. The quantitative estimate of drug-likeness (QED) is 0.729. The summed E-state index contributed by atoms with van der Waals surface area (Å²) in [6.07, 6.45) is 0. The Hall–Kier alpha value is -1.60. The first-order valence-corrected chi connectivity index (χ1v) is 7.40. The minimum Gasteiger partial charge on any atom is -0.380 e. The number of hydrogen-bond acceptors (Lipinski definition) is 4. The zero-order chi connectivity index (χ0) is 15.8. The van der Waals surface area contributed by atoms with Gasteiger partial charge in [-0.3, -0.25) is 10.1 Å². The predicted octanol–water partition coefficient (Wildman–Crippen LogP) is 2.24. The highest BCUT2D eigenvalue weighted by atomic mass is 79.9. The molecule has 0 radical (unpaired) electrons. The van der Waals surface area contributed by atoms with Crippen LogP contribution in [0.25, 0.3) is 0 Å². The Labute approximate surface area is 132 Å². The zero-order valence-corrected chi connectivity index (χ0v) is 13.9. The van der Waals surface area contributed by atoms with Gasteiger partial charge in [0.1, 0.15) is 6.04 Å². The maximum atomic E-state index is 11.9. The third kappa shape index (κ3) is 5.35. The van der Waals surface area contributed by atoms with Gasteiger partial charge in [-0.2, -0.15) is 0 Å². The summed E-state index contributed by atoms with van der Waals surface area (Å²) < 4.78 is 6.05. The van der Waals surface area contributed by atoms with Crippen LogP contribution >= 0.6 is 15.9 Å². The second-order valence-electron chi connectivity index (χ2n) is 4.41. The summed E-state index contributed by atoms with van der Waals surface area (Å²) in [7, 11) is 1.61. The van der Waals surface area contributed by atoms with Gasteiger partial charge in [0.2, 0.25) is 5.91 Å². The van der Waals surface area contributed by atoms with Crippen molar-refractivity contribution in [1.29, 1.82) is 0 Å². The Morgan fingerprint density at radius 2 is 2.10 bits per heavy atom. The molecule has 1 rings (SSSR count). The van der Waals surface area contributed by atoms with Crippen LogP contribution in [-0.2, 0) is 16.1 Å².